The summed E-state index contributed by atoms with van der Waals surface area (Å²) in [5.74, 6) is -1.06. The summed E-state index contributed by atoms with van der Waals surface area (Å²) in [6.45, 7) is 5.68. The standard InChI is InChI=1S/C33H51F3N4O6/c1-22-19-40(23(2)21-41)31(43)27-18-26(38-32(44)37-25-11-6-5-7-12-25)13-14-28(27)46-24(3)10-8-9-17-45-29(22)20-39(4)30(42)15-16-33(34,35)36/h13-14,18,22-25,29,41H,5-12,15-17,19-21H2,1-4H3,(H2,37,38,44)/t22-,23-,24-,29+/m1/s1. The van der Waals surface area contributed by atoms with Crippen LogP contribution in [-0.4, -0.2) is 96.6 Å². The minimum Gasteiger partial charge on any atom is -0.490 e. The fourth-order valence-electron chi connectivity index (χ4n) is 5.87. The van der Waals surface area contributed by atoms with E-state index in [1.807, 2.05) is 13.8 Å². The maximum absolute atomic E-state index is 14.2. The van der Waals surface area contributed by atoms with E-state index in [-0.39, 0.29) is 49.4 Å². The SMILES string of the molecule is C[C@@H]1CCCCO[C@@H](CN(C)C(=O)CCC(F)(F)F)[C@H](C)CN([C@H](C)CO)C(=O)c2cc(NC(=O)NC3CCCCC3)ccc2O1. The monoisotopic (exact) mass is 656 g/mol. The lowest BCUT2D eigenvalue weighted by Gasteiger charge is -2.36. The highest BCUT2D eigenvalue weighted by Gasteiger charge is 2.32. The molecule has 4 amide bonds. The van der Waals surface area contributed by atoms with Crippen LogP contribution in [0, 0.1) is 5.92 Å². The second-order valence-electron chi connectivity index (χ2n) is 12.8. The molecule has 260 valence electrons. The minimum atomic E-state index is -4.43. The van der Waals surface area contributed by atoms with Gasteiger partial charge in [0.15, 0.2) is 0 Å². The van der Waals surface area contributed by atoms with Crippen LogP contribution in [0.4, 0.5) is 23.7 Å². The second-order valence-corrected chi connectivity index (χ2v) is 12.8. The first-order valence-electron chi connectivity index (χ1n) is 16.5. The van der Waals surface area contributed by atoms with E-state index in [2.05, 4.69) is 10.6 Å². The van der Waals surface area contributed by atoms with Gasteiger partial charge < -0.3 is 35.0 Å². The summed E-state index contributed by atoms with van der Waals surface area (Å²) in [4.78, 5) is 42.3. The highest BCUT2D eigenvalue weighted by molar-refractivity contribution is 5.99. The first-order valence-corrected chi connectivity index (χ1v) is 16.5. The summed E-state index contributed by atoms with van der Waals surface area (Å²) in [5, 5.41) is 16.0. The number of fused-ring (bicyclic) bond motifs is 1. The van der Waals surface area contributed by atoms with Crippen molar-refractivity contribution in [3.05, 3.63) is 23.8 Å². The summed E-state index contributed by atoms with van der Waals surface area (Å²) in [5.41, 5.74) is 0.645. The minimum absolute atomic E-state index is 0.0493. The third-order valence-corrected chi connectivity index (χ3v) is 8.75. The summed E-state index contributed by atoms with van der Waals surface area (Å²) in [6, 6.07) is 4.10. The Morgan fingerprint density at radius 1 is 1.11 bits per heavy atom. The molecule has 1 heterocycles. The summed E-state index contributed by atoms with van der Waals surface area (Å²) in [6.07, 6.45) is 0.193. The van der Waals surface area contributed by atoms with Crippen LogP contribution >= 0.6 is 0 Å². The van der Waals surface area contributed by atoms with Crippen LogP contribution in [0.25, 0.3) is 0 Å². The van der Waals surface area contributed by atoms with Crippen molar-refractivity contribution < 1.29 is 42.1 Å². The smallest absolute Gasteiger partial charge is 0.389 e. The van der Waals surface area contributed by atoms with Gasteiger partial charge in [0.25, 0.3) is 5.91 Å². The normalized spacial score (nSPS) is 23.0. The molecule has 0 unspecified atom stereocenters. The number of ether oxygens (including phenoxy) is 2. The molecule has 4 atom stereocenters. The predicted octanol–water partition coefficient (Wildman–Crippen LogP) is 5.74. The highest BCUT2D eigenvalue weighted by Crippen LogP contribution is 2.29. The number of halogens is 3. The van der Waals surface area contributed by atoms with E-state index in [1.165, 1.54) is 16.8 Å². The molecule has 0 bridgehead atoms. The fraction of sp³-hybridized carbons (Fsp3) is 0.727. The van der Waals surface area contributed by atoms with E-state index in [9.17, 15) is 32.7 Å². The Kier molecular flexibility index (Phi) is 14.4. The van der Waals surface area contributed by atoms with Crippen molar-refractivity contribution in [2.45, 2.75) is 115 Å². The topological polar surface area (TPSA) is 120 Å². The number of urea groups is 1. The second kappa shape index (κ2) is 17.7. The summed E-state index contributed by atoms with van der Waals surface area (Å²) < 4.78 is 50.6. The third kappa shape index (κ3) is 11.9. The number of benzene rings is 1. The Morgan fingerprint density at radius 3 is 2.48 bits per heavy atom. The van der Waals surface area contributed by atoms with Gasteiger partial charge in [0.2, 0.25) is 5.91 Å². The molecule has 1 aliphatic carbocycles. The van der Waals surface area contributed by atoms with Gasteiger partial charge in [0, 0.05) is 50.8 Å². The number of amides is 4. The average molecular weight is 657 g/mol. The van der Waals surface area contributed by atoms with Crippen LogP contribution in [-0.2, 0) is 9.53 Å². The number of anilines is 1. The molecule has 46 heavy (non-hydrogen) atoms. The van der Waals surface area contributed by atoms with Gasteiger partial charge in [-0.3, -0.25) is 9.59 Å². The zero-order valence-corrected chi connectivity index (χ0v) is 27.5. The summed E-state index contributed by atoms with van der Waals surface area (Å²) in [7, 11) is 1.45. The molecule has 3 rings (SSSR count). The largest absolute Gasteiger partial charge is 0.490 e. The first kappa shape index (κ1) is 37.4. The summed E-state index contributed by atoms with van der Waals surface area (Å²) >= 11 is 0. The highest BCUT2D eigenvalue weighted by atomic mass is 19.4. The van der Waals surface area contributed by atoms with Crippen LogP contribution in [0.2, 0.25) is 0 Å². The van der Waals surface area contributed by atoms with Crippen LogP contribution < -0.4 is 15.4 Å². The third-order valence-electron chi connectivity index (χ3n) is 8.75. The Balaban J connectivity index is 1.86. The number of carbonyl (C=O) groups is 3. The fourth-order valence-corrected chi connectivity index (χ4v) is 5.87. The molecule has 13 heteroatoms. The van der Waals surface area contributed by atoms with Gasteiger partial charge >= 0.3 is 12.2 Å². The van der Waals surface area contributed by atoms with Gasteiger partial charge in [-0.15, -0.1) is 0 Å². The lowest BCUT2D eigenvalue weighted by Crippen LogP contribution is -2.48. The van der Waals surface area contributed by atoms with Crippen molar-refractivity contribution in [2.24, 2.45) is 5.92 Å². The molecule has 0 radical (unpaired) electrons. The quantitative estimate of drug-likeness (QED) is 0.329. The first-order chi connectivity index (χ1) is 21.8. The zero-order valence-electron chi connectivity index (χ0n) is 27.5. The number of rotatable bonds is 8. The van der Waals surface area contributed by atoms with Crippen LogP contribution in [0.3, 0.4) is 0 Å². The number of likely N-dealkylation sites (N-methyl/N-ethyl adjacent to an activating group) is 1. The number of hydrogen-bond donors (Lipinski definition) is 3. The number of nitrogens with zero attached hydrogens (tertiary/aromatic N) is 2. The maximum atomic E-state index is 14.2. The Morgan fingerprint density at radius 2 is 1.80 bits per heavy atom. The van der Waals surface area contributed by atoms with Crippen molar-refractivity contribution in [3.8, 4) is 5.75 Å². The average Bonchev–Trinajstić information content (AvgIpc) is 3.01. The molecule has 1 aliphatic heterocycles. The number of carbonyl (C=O) groups excluding carboxylic acids is 3. The van der Waals surface area contributed by atoms with Gasteiger partial charge in [0.05, 0.1) is 36.8 Å². The molecule has 0 spiro atoms. The van der Waals surface area contributed by atoms with Crippen molar-refractivity contribution in [2.75, 3.05) is 38.7 Å². The molecule has 1 fully saturated rings. The van der Waals surface area contributed by atoms with Crippen LogP contribution in [0.1, 0.15) is 95.3 Å². The lowest BCUT2D eigenvalue weighted by atomic mass is 9.96. The molecule has 10 nitrogen and oxygen atoms in total. The molecule has 0 saturated heterocycles. The Hall–Kier alpha value is -3.06. The van der Waals surface area contributed by atoms with E-state index in [1.54, 1.807) is 25.1 Å². The zero-order chi connectivity index (χ0) is 33.9. The molecule has 1 saturated carbocycles. The molecule has 0 aromatic heterocycles. The van der Waals surface area contributed by atoms with Crippen LogP contribution in [0.5, 0.6) is 5.75 Å². The number of aliphatic hydroxyl groups is 1. The van der Waals surface area contributed by atoms with E-state index >= 15 is 0 Å². The van der Waals surface area contributed by atoms with E-state index in [0.29, 0.717) is 30.9 Å². The van der Waals surface area contributed by atoms with Crippen LogP contribution in [0.15, 0.2) is 18.2 Å². The molecule has 1 aromatic rings. The lowest BCUT2D eigenvalue weighted by molar-refractivity contribution is -0.149. The number of alkyl halides is 3. The van der Waals surface area contributed by atoms with Gasteiger partial charge in [-0.1, -0.05) is 26.2 Å². The van der Waals surface area contributed by atoms with Crippen molar-refractivity contribution in [1.29, 1.82) is 0 Å². The molecule has 3 N–H and O–H groups in total. The van der Waals surface area contributed by atoms with Gasteiger partial charge in [-0.25, -0.2) is 4.79 Å². The molecular formula is C33H51F3N4O6. The number of hydrogen-bond acceptors (Lipinski definition) is 6. The van der Waals surface area contributed by atoms with Crippen molar-refractivity contribution in [1.82, 2.24) is 15.1 Å². The Labute approximate surface area is 270 Å². The van der Waals surface area contributed by atoms with E-state index in [4.69, 9.17) is 9.47 Å². The Bertz CT molecular complexity index is 1150. The maximum Gasteiger partial charge on any atom is 0.389 e. The number of nitrogens with one attached hydrogen (secondary N) is 2. The van der Waals surface area contributed by atoms with Gasteiger partial charge in [-0.05, 0) is 64.2 Å². The van der Waals surface area contributed by atoms with Crippen molar-refractivity contribution in [3.63, 3.8) is 0 Å². The molecule has 1 aromatic carbocycles. The van der Waals surface area contributed by atoms with Gasteiger partial charge in [-0.2, -0.15) is 13.2 Å². The molecular weight excluding hydrogens is 605 g/mol. The van der Waals surface area contributed by atoms with E-state index < -0.39 is 43.0 Å². The molecule has 2 aliphatic rings. The van der Waals surface area contributed by atoms with Gasteiger partial charge in [0.1, 0.15) is 5.75 Å². The van der Waals surface area contributed by atoms with E-state index in [0.717, 1.165) is 38.5 Å². The number of aliphatic hydroxyl groups excluding tert-OH is 1. The predicted molar refractivity (Wildman–Crippen MR) is 169 cm³/mol. The van der Waals surface area contributed by atoms with Crippen molar-refractivity contribution >= 4 is 23.5 Å².